The molecule has 0 unspecified atom stereocenters. The van der Waals surface area contributed by atoms with Crippen molar-refractivity contribution < 1.29 is 9.53 Å². The lowest BCUT2D eigenvalue weighted by Crippen LogP contribution is -2.09. The number of hydrogen-bond donors (Lipinski definition) is 1. The van der Waals surface area contributed by atoms with Gasteiger partial charge in [0.15, 0.2) is 0 Å². The van der Waals surface area contributed by atoms with Crippen LogP contribution in [0.3, 0.4) is 0 Å². The SMILES string of the molecule is CCCOC(=O)C=CNC1CC1. The number of ether oxygens (including phenoxy) is 1. The van der Waals surface area contributed by atoms with Crippen LogP contribution in [0.4, 0.5) is 0 Å². The molecule has 0 aromatic heterocycles. The van der Waals surface area contributed by atoms with Crippen molar-refractivity contribution in [2.45, 2.75) is 32.2 Å². The highest BCUT2D eigenvalue weighted by atomic mass is 16.5. The van der Waals surface area contributed by atoms with E-state index in [9.17, 15) is 4.79 Å². The second kappa shape index (κ2) is 4.80. The average Bonchev–Trinajstić information content (AvgIpc) is 2.84. The molecule has 1 fully saturated rings. The molecular formula is C9H15NO2. The lowest BCUT2D eigenvalue weighted by atomic mass is 10.5. The Balaban J connectivity index is 2.02. The Bertz CT molecular complexity index is 173. The molecule has 1 rings (SSSR count). The number of rotatable bonds is 5. The Morgan fingerprint density at radius 3 is 3.00 bits per heavy atom. The minimum atomic E-state index is -0.259. The maximum atomic E-state index is 10.9. The highest BCUT2D eigenvalue weighted by molar-refractivity contribution is 5.81. The van der Waals surface area contributed by atoms with E-state index in [2.05, 4.69) is 5.32 Å². The normalized spacial score (nSPS) is 16.4. The van der Waals surface area contributed by atoms with Crippen LogP contribution in [0.1, 0.15) is 26.2 Å². The van der Waals surface area contributed by atoms with Crippen LogP contribution in [0.2, 0.25) is 0 Å². The van der Waals surface area contributed by atoms with E-state index in [1.54, 1.807) is 6.20 Å². The van der Waals surface area contributed by atoms with Gasteiger partial charge in [0, 0.05) is 18.3 Å². The Kier molecular flexibility index (Phi) is 3.64. The molecular weight excluding hydrogens is 154 g/mol. The zero-order valence-electron chi connectivity index (χ0n) is 7.38. The van der Waals surface area contributed by atoms with Crippen molar-refractivity contribution in [3.05, 3.63) is 12.3 Å². The molecule has 12 heavy (non-hydrogen) atoms. The van der Waals surface area contributed by atoms with Crippen LogP contribution < -0.4 is 5.32 Å². The molecule has 0 bridgehead atoms. The quantitative estimate of drug-likeness (QED) is 0.496. The van der Waals surface area contributed by atoms with Crippen molar-refractivity contribution in [2.24, 2.45) is 0 Å². The summed E-state index contributed by atoms with van der Waals surface area (Å²) in [5, 5.41) is 3.08. The van der Waals surface area contributed by atoms with Gasteiger partial charge in [-0.25, -0.2) is 4.79 Å². The van der Waals surface area contributed by atoms with E-state index in [0.29, 0.717) is 12.6 Å². The summed E-state index contributed by atoms with van der Waals surface area (Å²) in [4.78, 5) is 10.9. The molecule has 0 heterocycles. The third-order valence-electron chi connectivity index (χ3n) is 1.58. The summed E-state index contributed by atoms with van der Waals surface area (Å²) in [6.45, 7) is 2.48. The van der Waals surface area contributed by atoms with Crippen LogP contribution >= 0.6 is 0 Å². The van der Waals surface area contributed by atoms with Crippen LogP contribution in [0.5, 0.6) is 0 Å². The van der Waals surface area contributed by atoms with Crippen molar-refractivity contribution in [1.29, 1.82) is 0 Å². The summed E-state index contributed by atoms with van der Waals surface area (Å²) in [5.74, 6) is -0.259. The van der Waals surface area contributed by atoms with Crippen LogP contribution in [0.25, 0.3) is 0 Å². The molecule has 3 heteroatoms. The number of carbonyl (C=O) groups is 1. The first-order chi connectivity index (χ1) is 5.83. The van der Waals surface area contributed by atoms with E-state index in [0.717, 1.165) is 6.42 Å². The molecule has 0 spiro atoms. The van der Waals surface area contributed by atoms with E-state index < -0.39 is 0 Å². The van der Waals surface area contributed by atoms with Crippen molar-refractivity contribution in [2.75, 3.05) is 6.61 Å². The molecule has 1 aliphatic carbocycles. The summed E-state index contributed by atoms with van der Waals surface area (Å²) in [5.41, 5.74) is 0. The zero-order chi connectivity index (χ0) is 8.81. The van der Waals surface area contributed by atoms with Gasteiger partial charge in [0.05, 0.1) is 6.61 Å². The Morgan fingerprint density at radius 1 is 1.67 bits per heavy atom. The molecule has 0 aliphatic heterocycles. The van der Waals surface area contributed by atoms with Gasteiger partial charge in [-0.1, -0.05) is 6.92 Å². The van der Waals surface area contributed by atoms with Crippen LogP contribution in [0.15, 0.2) is 12.3 Å². The second-order valence-corrected chi connectivity index (χ2v) is 2.94. The minimum absolute atomic E-state index is 0.259. The molecule has 0 amide bonds. The summed E-state index contributed by atoms with van der Waals surface area (Å²) in [6, 6.07) is 0.597. The van der Waals surface area contributed by atoms with Gasteiger partial charge < -0.3 is 10.1 Å². The molecule has 68 valence electrons. The van der Waals surface area contributed by atoms with Crippen molar-refractivity contribution in [3.63, 3.8) is 0 Å². The van der Waals surface area contributed by atoms with Crippen LogP contribution in [0, 0.1) is 0 Å². The first-order valence-corrected chi connectivity index (χ1v) is 4.42. The molecule has 0 atom stereocenters. The molecule has 0 saturated heterocycles. The molecule has 1 N–H and O–H groups in total. The number of hydrogen-bond acceptors (Lipinski definition) is 3. The maximum absolute atomic E-state index is 10.9. The largest absolute Gasteiger partial charge is 0.463 e. The second-order valence-electron chi connectivity index (χ2n) is 2.94. The Hall–Kier alpha value is -0.990. The Labute approximate surface area is 72.8 Å². The lowest BCUT2D eigenvalue weighted by molar-refractivity contribution is -0.137. The number of carbonyl (C=O) groups excluding carboxylic acids is 1. The van der Waals surface area contributed by atoms with Crippen molar-refractivity contribution >= 4 is 5.97 Å². The highest BCUT2D eigenvalue weighted by Crippen LogP contribution is 2.18. The summed E-state index contributed by atoms with van der Waals surface area (Å²) >= 11 is 0. The maximum Gasteiger partial charge on any atom is 0.332 e. The van der Waals surface area contributed by atoms with E-state index in [4.69, 9.17) is 4.74 Å². The van der Waals surface area contributed by atoms with Gasteiger partial charge >= 0.3 is 5.97 Å². The minimum Gasteiger partial charge on any atom is -0.463 e. The van der Waals surface area contributed by atoms with Gasteiger partial charge in [0.25, 0.3) is 0 Å². The van der Waals surface area contributed by atoms with Crippen molar-refractivity contribution in [1.82, 2.24) is 5.32 Å². The molecule has 1 aliphatic rings. The van der Waals surface area contributed by atoms with Gasteiger partial charge in [-0.3, -0.25) is 0 Å². The third-order valence-corrected chi connectivity index (χ3v) is 1.58. The fourth-order valence-electron chi connectivity index (χ4n) is 0.753. The predicted molar refractivity (Wildman–Crippen MR) is 46.5 cm³/mol. The Morgan fingerprint density at radius 2 is 2.42 bits per heavy atom. The van der Waals surface area contributed by atoms with E-state index >= 15 is 0 Å². The van der Waals surface area contributed by atoms with E-state index in [1.165, 1.54) is 18.9 Å². The highest BCUT2D eigenvalue weighted by Gasteiger charge is 2.18. The van der Waals surface area contributed by atoms with Crippen LogP contribution in [-0.2, 0) is 9.53 Å². The van der Waals surface area contributed by atoms with Gasteiger partial charge in [0.2, 0.25) is 0 Å². The third kappa shape index (κ3) is 4.01. The van der Waals surface area contributed by atoms with Gasteiger partial charge in [-0.15, -0.1) is 0 Å². The van der Waals surface area contributed by atoms with Gasteiger partial charge in [-0.2, -0.15) is 0 Å². The van der Waals surface area contributed by atoms with E-state index in [1.807, 2.05) is 6.92 Å². The first-order valence-electron chi connectivity index (χ1n) is 4.42. The molecule has 0 aromatic rings. The molecule has 0 aromatic carbocycles. The standard InChI is InChI=1S/C9H15NO2/c1-2-7-12-9(11)5-6-10-8-3-4-8/h5-6,8,10H,2-4,7H2,1H3. The molecule has 3 nitrogen and oxygen atoms in total. The van der Waals surface area contributed by atoms with Gasteiger partial charge in [0.1, 0.15) is 0 Å². The predicted octanol–water partition coefficient (Wildman–Crippen LogP) is 1.21. The van der Waals surface area contributed by atoms with Crippen LogP contribution in [-0.4, -0.2) is 18.6 Å². The molecule has 0 radical (unpaired) electrons. The summed E-state index contributed by atoms with van der Waals surface area (Å²) < 4.78 is 4.83. The van der Waals surface area contributed by atoms with Gasteiger partial charge in [-0.05, 0) is 19.3 Å². The monoisotopic (exact) mass is 169 g/mol. The fourth-order valence-corrected chi connectivity index (χ4v) is 0.753. The first kappa shape index (κ1) is 9.10. The topological polar surface area (TPSA) is 38.3 Å². The van der Waals surface area contributed by atoms with Crippen molar-refractivity contribution in [3.8, 4) is 0 Å². The number of nitrogens with one attached hydrogen (secondary N) is 1. The summed E-state index contributed by atoms with van der Waals surface area (Å²) in [7, 11) is 0. The zero-order valence-corrected chi connectivity index (χ0v) is 7.38. The average molecular weight is 169 g/mol. The fraction of sp³-hybridized carbons (Fsp3) is 0.667. The van der Waals surface area contributed by atoms with E-state index in [-0.39, 0.29) is 5.97 Å². The smallest absolute Gasteiger partial charge is 0.332 e. The lowest BCUT2D eigenvalue weighted by Gasteiger charge is -1.97. The molecule has 1 saturated carbocycles. The number of esters is 1. The summed E-state index contributed by atoms with van der Waals surface area (Å²) in [6.07, 6.45) is 6.42.